The van der Waals surface area contributed by atoms with E-state index >= 15 is 0 Å². The van der Waals surface area contributed by atoms with Gasteiger partial charge in [-0.15, -0.1) is 0 Å². The predicted molar refractivity (Wildman–Crippen MR) is 106 cm³/mol. The molecule has 0 spiro atoms. The van der Waals surface area contributed by atoms with Gasteiger partial charge in [0.2, 0.25) is 0 Å². The third-order valence-electron chi connectivity index (χ3n) is 3.82. The molecule has 0 unspecified atom stereocenters. The molecular formula is C19H12ClF3N4O3S. The van der Waals surface area contributed by atoms with Gasteiger partial charge in [0.25, 0.3) is 11.8 Å². The van der Waals surface area contributed by atoms with Gasteiger partial charge in [0.05, 0.1) is 22.5 Å². The molecule has 1 aromatic carbocycles. The lowest BCUT2D eigenvalue weighted by Gasteiger charge is -2.11. The summed E-state index contributed by atoms with van der Waals surface area (Å²) in [6.45, 7) is 0. The third-order valence-corrected chi connectivity index (χ3v) is 5.09. The Hall–Kier alpha value is -3.15. The summed E-state index contributed by atoms with van der Waals surface area (Å²) in [5, 5.41) is 11.2. The average Bonchev–Trinajstić information content (AvgIpc) is 2.74. The standard InChI is InChI=1S/C19H12ClF3N4O3S/c20-14-3-1-10(7-13(14)19(21,22)23)17(28)26-11-2-4-16(25-9-11)31-12-5-6-24-15(8-12)18(29)27-30/h1-9,30H,(H,26,28)(H,27,29). The first-order valence-electron chi connectivity index (χ1n) is 8.40. The zero-order valence-electron chi connectivity index (χ0n) is 15.3. The molecule has 0 fully saturated rings. The van der Waals surface area contributed by atoms with Gasteiger partial charge in [0.15, 0.2) is 0 Å². The quantitative estimate of drug-likeness (QED) is 0.371. The van der Waals surface area contributed by atoms with Crippen LogP contribution in [0.1, 0.15) is 26.4 Å². The largest absolute Gasteiger partial charge is 0.417 e. The SMILES string of the molecule is O=C(Nc1ccc(Sc2ccnc(C(=O)NO)c2)nc1)c1ccc(Cl)c(C(F)(F)F)c1. The molecule has 12 heteroatoms. The number of anilines is 1. The zero-order valence-corrected chi connectivity index (χ0v) is 16.8. The van der Waals surface area contributed by atoms with E-state index in [1.54, 1.807) is 12.1 Å². The highest BCUT2D eigenvalue weighted by Crippen LogP contribution is 2.35. The highest BCUT2D eigenvalue weighted by Gasteiger charge is 2.33. The minimum atomic E-state index is -4.68. The van der Waals surface area contributed by atoms with Gasteiger partial charge in [-0.3, -0.25) is 19.8 Å². The molecule has 0 saturated heterocycles. The first kappa shape index (κ1) is 22.5. The number of hydroxylamine groups is 1. The highest BCUT2D eigenvalue weighted by molar-refractivity contribution is 7.99. The Labute approximate surface area is 182 Å². The summed E-state index contributed by atoms with van der Waals surface area (Å²) < 4.78 is 38.9. The van der Waals surface area contributed by atoms with Crippen LogP contribution >= 0.6 is 23.4 Å². The van der Waals surface area contributed by atoms with Gasteiger partial charge in [-0.05, 0) is 42.5 Å². The normalized spacial score (nSPS) is 11.1. The van der Waals surface area contributed by atoms with Gasteiger partial charge in [-0.1, -0.05) is 23.4 Å². The van der Waals surface area contributed by atoms with Crippen molar-refractivity contribution < 1.29 is 28.0 Å². The number of nitrogens with one attached hydrogen (secondary N) is 2. The molecule has 0 aliphatic rings. The third kappa shape index (κ3) is 5.72. The molecule has 0 saturated carbocycles. The lowest BCUT2D eigenvalue weighted by molar-refractivity contribution is -0.137. The lowest BCUT2D eigenvalue weighted by Crippen LogP contribution is -2.19. The van der Waals surface area contributed by atoms with Crippen molar-refractivity contribution in [2.45, 2.75) is 16.1 Å². The number of rotatable bonds is 5. The Morgan fingerprint density at radius 2 is 1.81 bits per heavy atom. The molecule has 2 amide bonds. The molecule has 3 aromatic rings. The van der Waals surface area contributed by atoms with Gasteiger partial charge < -0.3 is 5.32 Å². The van der Waals surface area contributed by atoms with E-state index < -0.39 is 28.6 Å². The number of carbonyl (C=O) groups excluding carboxylic acids is 2. The molecule has 2 heterocycles. The Morgan fingerprint density at radius 3 is 2.45 bits per heavy atom. The second-order valence-electron chi connectivity index (χ2n) is 5.95. The van der Waals surface area contributed by atoms with Crippen molar-refractivity contribution in [3.8, 4) is 0 Å². The topological polar surface area (TPSA) is 104 Å². The minimum absolute atomic E-state index is 0.0116. The van der Waals surface area contributed by atoms with Crippen LogP contribution in [0.5, 0.6) is 0 Å². The second kappa shape index (κ2) is 9.33. The Morgan fingerprint density at radius 1 is 1.03 bits per heavy atom. The Balaban J connectivity index is 1.70. The van der Waals surface area contributed by atoms with Crippen molar-refractivity contribution in [1.29, 1.82) is 0 Å². The number of hydrogen-bond acceptors (Lipinski definition) is 6. The van der Waals surface area contributed by atoms with Crippen LogP contribution < -0.4 is 10.8 Å². The fourth-order valence-corrected chi connectivity index (χ4v) is 3.39. The summed E-state index contributed by atoms with van der Waals surface area (Å²) in [7, 11) is 0. The maximum Gasteiger partial charge on any atom is 0.417 e. The van der Waals surface area contributed by atoms with E-state index in [2.05, 4.69) is 15.3 Å². The number of pyridine rings is 2. The molecule has 7 nitrogen and oxygen atoms in total. The predicted octanol–water partition coefficient (Wildman–Crippen LogP) is 4.67. The molecule has 0 bridgehead atoms. The van der Waals surface area contributed by atoms with Crippen molar-refractivity contribution >= 4 is 40.9 Å². The second-order valence-corrected chi connectivity index (χ2v) is 7.45. The van der Waals surface area contributed by atoms with E-state index in [0.717, 1.165) is 6.07 Å². The van der Waals surface area contributed by atoms with Crippen LogP contribution in [-0.2, 0) is 6.18 Å². The van der Waals surface area contributed by atoms with Crippen molar-refractivity contribution in [2.24, 2.45) is 0 Å². The summed E-state index contributed by atoms with van der Waals surface area (Å²) >= 11 is 6.76. The van der Waals surface area contributed by atoms with Crippen molar-refractivity contribution in [2.75, 3.05) is 5.32 Å². The number of benzene rings is 1. The number of aromatic nitrogens is 2. The minimum Gasteiger partial charge on any atom is -0.321 e. The number of amides is 2. The number of halogens is 4. The fourth-order valence-electron chi connectivity index (χ4n) is 2.38. The molecule has 31 heavy (non-hydrogen) atoms. The first-order chi connectivity index (χ1) is 14.7. The summed E-state index contributed by atoms with van der Waals surface area (Å²) in [6, 6.07) is 9.07. The van der Waals surface area contributed by atoms with Crippen LogP contribution in [0.25, 0.3) is 0 Å². The molecule has 3 rings (SSSR count). The van der Waals surface area contributed by atoms with E-state index in [1.165, 1.54) is 47.8 Å². The first-order valence-corrected chi connectivity index (χ1v) is 9.59. The van der Waals surface area contributed by atoms with E-state index in [4.69, 9.17) is 16.8 Å². The van der Waals surface area contributed by atoms with E-state index in [-0.39, 0.29) is 16.9 Å². The smallest absolute Gasteiger partial charge is 0.321 e. The van der Waals surface area contributed by atoms with E-state index in [1.807, 2.05) is 0 Å². The van der Waals surface area contributed by atoms with E-state index in [0.29, 0.717) is 16.0 Å². The number of hydrogen-bond donors (Lipinski definition) is 3. The fraction of sp³-hybridized carbons (Fsp3) is 0.0526. The number of alkyl halides is 3. The molecule has 160 valence electrons. The van der Waals surface area contributed by atoms with Crippen LogP contribution in [0, 0.1) is 0 Å². The van der Waals surface area contributed by atoms with E-state index in [9.17, 15) is 22.8 Å². The lowest BCUT2D eigenvalue weighted by atomic mass is 10.1. The van der Waals surface area contributed by atoms with Crippen LogP contribution in [0.2, 0.25) is 5.02 Å². The van der Waals surface area contributed by atoms with Gasteiger partial charge >= 0.3 is 6.18 Å². The summed E-state index contributed by atoms with van der Waals surface area (Å²) in [4.78, 5) is 32.3. The number of nitrogens with zero attached hydrogens (tertiary/aromatic N) is 2. The van der Waals surface area contributed by atoms with Crippen molar-refractivity contribution in [3.05, 3.63) is 76.7 Å². The highest BCUT2D eigenvalue weighted by atomic mass is 35.5. The summed E-state index contributed by atoms with van der Waals surface area (Å²) in [5.74, 6) is -1.51. The van der Waals surface area contributed by atoms with Crippen LogP contribution in [-0.4, -0.2) is 27.0 Å². The molecule has 0 atom stereocenters. The van der Waals surface area contributed by atoms with Crippen molar-refractivity contribution in [1.82, 2.24) is 15.4 Å². The molecular weight excluding hydrogens is 457 g/mol. The average molecular weight is 469 g/mol. The molecule has 3 N–H and O–H groups in total. The maximum atomic E-state index is 13.0. The van der Waals surface area contributed by atoms with Gasteiger partial charge in [-0.25, -0.2) is 10.5 Å². The Bertz CT molecular complexity index is 1130. The Kier molecular flexibility index (Phi) is 6.78. The molecule has 0 aliphatic carbocycles. The molecule has 0 aliphatic heterocycles. The zero-order chi connectivity index (χ0) is 22.6. The molecule has 2 aromatic heterocycles. The van der Waals surface area contributed by atoms with Crippen LogP contribution in [0.4, 0.5) is 18.9 Å². The summed E-state index contributed by atoms with van der Waals surface area (Å²) in [6.07, 6.45) is -1.95. The summed E-state index contributed by atoms with van der Waals surface area (Å²) in [5.41, 5.74) is 0.467. The monoisotopic (exact) mass is 468 g/mol. The van der Waals surface area contributed by atoms with Gasteiger partial charge in [0.1, 0.15) is 10.7 Å². The van der Waals surface area contributed by atoms with Crippen LogP contribution in [0.15, 0.2) is 64.8 Å². The van der Waals surface area contributed by atoms with Crippen molar-refractivity contribution in [3.63, 3.8) is 0 Å². The van der Waals surface area contributed by atoms with Gasteiger partial charge in [-0.2, -0.15) is 13.2 Å². The molecule has 0 radical (unpaired) electrons. The van der Waals surface area contributed by atoms with Crippen LogP contribution in [0.3, 0.4) is 0 Å². The maximum absolute atomic E-state index is 13.0. The van der Waals surface area contributed by atoms with Gasteiger partial charge in [0, 0.05) is 16.7 Å². The number of carbonyl (C=O) groups is 2.